The second kappa shape index (κ2) is 6.44. The van der Waals surface area contributed by atoms with Gasteiger partial charge in [-0.25, -0.2) is 14.6 Å². The molecule has 2 aromatic heterocycles. The van der Waals surface area contributed by atoms with E-state index < -0.39 is 0 Å². The summed E-state index contributed by atoms with van der Waals surface area (Å²) in [7, 11) is 0. The maximum absolute atomic E-state index is 12.1. The summed E-state index contributed by atoms with van der Waals surface area (Å²) in [5.41, 5.74) is 0.833. The number of hydrogen-bond donors (Lipinski definition) is 1. The van der Waals surface area contributed by atoms with Crippen molar-refractivity contribution in [1.82, 2.24) is 19.7 Å². The molecular weight excluding hydrogens is 322 g/mol. The first kappa shape index (κ1) is 14.9. The van der Waals surface area contributed by atoms with E-state index in [0.29, 0.717) is 23.1 Å². The van der Waals surface area contributed by atoms with E-state index in [0.717, 1.165) is 5.56 Å². The van der Waals surface area contributed by atoms with Crippen LogP contribution in [0, 0.1) is 0 Å². The van der Waals surface area contributed by atoms with Crippen molar-refractivity contribution in [2.24, 2.45) is 0 Å². The number of hydrogen-bond acceptors (Lipinski definition) is 6. The molecule has 0 saturated carbocycles. The summed E-state index contributed by atoms with van der Waals surface area (Å²) in [6.07, 6.45) is 7.89. The number of carbonyl (C=O) groups is 1. The monoisotopic (exact) mass is 335 g/mol. The lowest BCUT2D eigenvalue weighted by molar-refractivity contribution is -0.111. The van der Waals surface area contributed by atoms with Crippen LogP contribution in [0.4, 0.5) is 5.82 Å². The third kappa shape index (κ3) is 3.32. The summed E-state index contributed by atoms with van der Waals surface area (Å²) in [5.74, 6) is 2.02. The Morgan fingerprint density at radius 2 is 2.12 bits per heavy atom. The van der Waals surface area contributed by atoms with E-state index in [9.17, 15) is 4.79 Å². The van der Waals surface area contributed by atoms with Gasteiger partial charge in [0.05, 0.1) is 0 Å². The van der Waals surface area contributed by atoms with Crippen molar-refractivity contribution in [3.05, 3.63) is 60.7 Å². The topological polar surface area (TPSA) is 91.2 Å². The first-order chi connectivity index (χ1) is 12.3. The molecule has 0 bridgehead atoms. The van der Waals surface area contributed by atoms with E-state index in [4.69, 9.17) is 9.47 Å². The van der Waals surface area contributed by atoms with Gasteiger partial charge in [0.2, 0.25) is 12.7 Å². The fraction of sp³-hybridized carbons (Fsp3) is 0.0588. The average Bonchev–Trinajstić information content (AvgIpc) is 3.31. The predicted molar refractivity (Wildman–Crippen MR) is 89.4 cm³/mol. The highest BCUT2D eigenvalue weighted by atomic mass is 16.7. The molecule has 3 aromatic rings. The van der Waals surface area contributed by atoms with Crippen molar-refractivity contribution < 1.29 is 14.3 Å². The Bertz CT molecular complexity index is 937. The summed E-state index contributed by atoms with van der Waals surface area (Å²) in [5, 5.41) is 6.78. The fourth-order valence-corrected chi connectivity index (χ4v) is 2.30. The molecule has 0 radical (unpaired) electrons. The van der Waals surface area contributed by atoms with Gasteiger partial charge in [0, 0.05) is 24.5 Å². The number of nitrogens with zero attached hydrogens (tertiary/aromatic N) is 4. The number of carbonyl (C=O) groups excluding carboxylic acids is 1. The number of fused-ring (bicyclic) bond motifs is 1. The molecule has 1 aliphatic rings. The van der Waals surface area contributed by atoms with Crippen LogP contribution in [0.5, 0.6) is 11.5 Å². The van der Waals surface area contributed by atoms with Gasteiger partial charge < -0.3 is 14.8 Å². The maximum Gasteiger partial charge on any atom is 0.249 e. The number of rotatable bonds is 4. The SMILES string of the molecule is O=C(/C=C/c1ccc2c(c1)OCO2)Nc1cc(-n2cccn2)ncn1. The molecule has 0 saturated heterocycles. The van der Waals surface area contributed by atoms with Crippen LogP contribution in [0.3, 0.4) is 0 Å². The average molecular weight is 335 g/mol. The zero-order valence-electron chi connectivity index (χ0n) is 13.0. The molecule has 124 valence electrons. The number of benzene rings is 1. The third-order valence-corrected chi connectivity index (χ3v) is 3.47. The predicted octanol–water partition coefficient (Wildman–Crippen LogP) is 2.04. The van der Waals surface area contributed by atoms with Crippen LogP contribution in [0.2, 0.25) is 0 Å². The Morgan fingerprint density at radius 3 is 3.00 bits per heavy atom. The molecule has 0 aliphatic carbocycles. The Labute approximate surface area is 142 Å². The zero-order chi connectivity index (χ0) is 17.1. The molecule has 8 nitrogen and oxygen atoms in total. The molecule has 3 heterocycles. The van der Waals surface area contributed by atoms with Crippen molar-refractivity contribution in [3.8, 4) is 17.3 Å². The van der Waals surface area contributed by atoms with E-state index in [-0.39, 0.29) is 12.7 Å². The van der Waals surface area contributed by atoms with Crippen molar-refractivity contribution in [2.45, 2.75) is 0 Å². The lowest BCUT2D eigenvalue weighted by atomic mass is 10.2. The maximum atomic E-state index is 12.1. The Balaban J connectivity index is 1.44. The minimum Gasteiger partial charge on any atom is -0.454 e. The van der Waals surface area contributed by atoms with Gasteiger partial charge >= 0.3 is 0 Å². The van der Waals surface area contributed by atoms with E-state index in [2.05, 4.69) is 20.4 Å². The third-order valence-electron chi connectivity index (χ3n) is 3.47. The summed E-state index contributed by atoms with van der Waals surface area (Å²) in [4.78, 5) is 20.2. The van der Waals surface area contributed by atoms with Crippen molar-refractivity contribution in [1.29, 1.82) is 0 Å². The minimum absolute atomic E-state index is 0.218. The Hall–Kier alpha value is -3.68. The van der Waals surface area contributed by atoms with Crippen LogP contribution < -0.4 is 14.8 Å². The summed E-state index contributed by atoms with van der Waals surface area (Å²) in [6, 6.07) is 8.89. The highest BCUT2D eigenvalue weighted by Crippen LogP contribution is 2.32. The number of nitrogens with one attached hydrogen (secondary N) is 1. The molecule has 1 amide bonds. The lowest BCUT2D eigenvalue weighted by Crippen LogP contribution is -2.10. The smallest absolute Gasteiger partial charge is 0.249 e. The molecule has 0 atom stereocenters. The summed E-state index contributed by atoms with van der Waals surface area (Å²) < 4.78 is 12.1. The molecular formula is C17H13N5O3. The van der Waals surface area contributed by atoms with Crippen LogP contribution in [-0.4, -0.2) is 32.4 Å². The first-order valence-corrected chi connectivity index (χ1v) is 7.49. The second-order valence-electron chi connectivity index (χ2n) is 5.15. The van der Waals surface area contributed by atoms with Gasteiger partial charge in [-0.2, -0.15) is 5.10 Å². The number of ether oxygens (including phenoxy) is 2. The van der Waals surface area contributed by atoms with Gasteiger partial charge in [-0.05, 0) is 29.8 Å². The highest BCUT2D eigenvalue weighted by Gasteiger charge is 2.12. The molecule has 25 heavy (non-hydrogen) atoms. The summed E-state index contributed by atoms with van der Waals surface area (Å²) >= 11 is 0. The van der Waals surface area contributed by atoms with Crippen LogP contribution in [-0.2, 0) is 4.79 Å². The van der Waals surface area contributed by atoms with Crippen LogP contribution in [0.25, 0.3) is 11.9 Å². The molecule has 0 fully saturated rings. The first-order valence-electron chi connectivity index (χ1n) is 7.49. The molecule has 1 aliphatic heterocycles. The van der Waals surface area contributed by atoms with Gasteiger partial charge in [-0.15, -0.1) is 0 Å². The van der Waals surface area contributed by atoms with E-state index in [1.54, 1.807) is 41.4 Å². The Kier molecular flexibility index (Phi) is 3.83. The van der Waals surface area contributed by atoms with Crippen molar-refractivity contribution in [2.75, 3.05) is 12.1 Å². The molecule has 4 rings (SSSR count). The van der Waals surface area contributed by atoms with Crippen LogP contribution in [0.15, 0.2) is 55.1 Å². The number of amides is 1. The van der Waals surface area contributed by atoms with E-state index in [1.165, 1.54) is 12.4 Å². The molecule has 0 unspecified atom stereocenters. The molecule has 8 heteroatoms. The van der Waals surface area contributed by atoms with Crippen molar-refractivity contribution in [3.63, 3.8) is 0 Å². The van der Waals surface area contributed by atoms with Crippen LogP contribution >= 0.6 is 0 Å². The largest absolute Gasteiger partial charge is 0.454 e. The Morgan fingerprint density at radius 1 is 1.20 bits per heavy atom. The zero-order valence-corrected chi connectivity index (χ0v) is 13.0. The van der Waals surface area contributed by atoms with Gasteiger partial charge in [0.25, 0.3) is 0 Å². The van der Waals surface area contributed by atoms with Gasteiger partial charge in [0.15, 0.2) is 17.3 Å². The highest BCUT2D eigenvalue weighted by molar-refractivity contribution is 6.01. The number of aromatic nitrogens is 4. The fourth-order valence-electron chi connectivity index (χ4n) is 2.30. The minimum atomic E-state index is -0.303. The number of anilines is 1. The van der Waals surface area contributed by atoms with Gasteiger partial charge in [-0.1, -0.05) is 6.07 Å². The molecule has 1 aromatic carbocycles. The normalized spacial score (nSPS) is 12.5. The summed E-state index contributed by atoms with van der Waals surface area (Å²) in [6.45, 7) is 0.218. The quantitative estimate of drug-likeness (QED) is 0.734. The van der Waals surface area contributed by atoms with Crippen molar-refractivity contribution >= 4 is 17.8 Å². The van der Waals surface area contributed by atoms with E-state index in [1.807, 2.05) is 12.1 Å². The lowest BCUT2D eigenvalue weighted by Gasteiger charge is -2.04. The van der Waals surface area contributed by atoms with Crippen LogP contribution in [0.1, 0.15) is 5.56 Å². The van der Waals surface area contributed by atoms with Gasteiger partial charge in [0.1, 0.15) is 12.1 Å². The second-order valence-corrected chi connectivity index (χ2v) is 5.15. The molecule has 1 N–H and O–H groups in total. The van der Waals surface area contributed by atoms with Gasteiger partial charge in [-0.3, -0.25) is 4.79 Å². The molecule has 0 spiro atoms. The standard InChI is InChI=1S/C17H13N5O3/c23-17(5-3-12-2-4-13-14(8-12)25-11-24-13)21-15-9-16(19-10-18-15)22-7-1-6-20-22/h1-10H,11H2,(H,18,19,21,23)/b5-3+. The van der Waals surface area contributed by atoms with E-state index >= 15 is 0 Å².